The van der Waals surface area contributed by atoms with E-state index in [0.717, 1.165) is 29.4 Å². The molecule has 2 heterocycles. The Balaban J connectivity index is 2.14. The van der Waals surface area contributed by atoms with Crippen LogP contribution in [0.4, 0.5) is 15.9 Å². The van der Waals surface area contributed by atoms with Crippen LogP contribution in [0.3, 0.4) is 0 Å². The maximum Gasteiger partial charge on any atom is 0.156 e. The van der Waals surface area contributed by atoms with Gasteiger partial charge in [-0.15, -0.1) is 0 Å². The molecule has 0 aliphatic heterocycles. The second-order valence-corrected chi connectivity index (χ2v) is 5.23. The second-order valence-electron chi connectivity index (χ2n) is 4.67. The Kier molecular flexibility index (Phi) is 3.92. The van der Waals surface area contributed by atoms with Crippen molar-refractivity contribution in [1.82, 2.24) is 9.38 Å². The van der Waals surface area contributed by atoms with Gasteiger partial charge in [0.05, 0.1) is 5.69 Å². The zero-order chi connectivity index (χ0) is 14.8. The highest BCUT2D eigenvalue weighted by Gasteiger charge is 2.17. The lowest BCUT2D eigenvalue weighted by Crippen LogP contribution is -2.17. The smallest absolute Gasteiger partial charge is 0.156 e. The summed E-state index contributed by atoms with van der Waals surface area (Å²) in [5.74, 6) is 0.665. The SMILES string of the molecule is CCN(c1ccc(F)cc1)c1nc2ccccn2c1CBr. The molecule has 0 saturated carbocycles. The van der Waals surface area contributed by atoms with Crippen molar-refractivity contribution in [2.45, 2.75) is 12.3 Å². The highest BCUT2D eigenvalue weighted by atomic mass is 79.9. The fraction of sp³-hybridized carbons (Fsp3) is 0.188. The van der Waals surface area contributed by atoms with E-state index in [-0.39, 0.29) is 5.82 Å². The Labute approximate surface area is 131 Å². The summed E-state index contributed by atoms with van der Waals surface area (Å²) in [5, 5.41) is 0.700. The molecule has 0 aliphatic carbocycles. The van der Waals surface area contributed by atoms with Gasteiger partial charge in [-0.05, 0) is 43.3 Å². The largest absolute Gasteiger partial charge is 0.325 e. The average molecular weight is 348 g/mol. The molecule has 0 radical (unpaired) electrons. The molecular weight excluding hydrogens is 333 g/mol. The number of fused-ring (bicyclic) bond motifs is 1. The molecule has 3 rings (SSSR count). The number of rotatable bonds is 4. The minimum absolute atomic E-state index is 0.231. The van der Waals surface area contributed by atoms with Crippen molar-refractivity contribution in [2.75, 3.05) is 11.4 Å². The molecule has 0 N–H and O–H groups in total. The van der Waals surface area contributed by atoms with Gasteiger partial charge < -0.3 is 9.30 Å². The number of aromatic nitrogens is 2. The summed E-state index contributed by atoms with van der Waals surface area (Å²) in [6.07, 6.45) is 2.00. The molecule has 5 heteroatoms. The van der Waals surface area contributed by atoms with Crippen molar-refractivity contribution in [3.63, 3.8) is 0 Å². The van der Waals surface area contributed by atoms with Gasteiger partial charge in [0.2, 0.25) is 0 Å². The molecule has 3 nitrogen and oxygen atoms in total. The number of alkyl halides is 1. The number of nitrogens with zero attached hydrogens (tertiary/aromatic N) is 3. The van der Waals surface area contributed by atoms with Crippen LogP contribution >= 0.6 is 15.9 Å². The molecule has 0 saturated heterocycles. The highest BCUT2D eigenvalue weighted by Crippen LogP contribution is 2.30. The first kappa shape index (κ1) is 14.1. The van der Waals surface area contributed by atoms with Crippen molar-refractivity contribution < 1.29 is 4.39 Å². The zero-order valence-corrected chi connectivity index (χ0v) is 13.2. The Morgan fingerprint density at radius 2 is 1.95 bits per heavy atom. The van der Waals surface area contributed by atoms with Crippen LogP contribution in [0, 0.1) is 5.82 Å². The summed E-state index contributed by atoms with van der Waals surface area (Å²) in [4.78, 5) is 6.80. The van der Waals surface area contributed by atoms with E-state index in [4.69, 9.17) is 4.98 Å². The van der Waals surface area contributed by atoms with E-state index in [1.54, 1.807) is 12.1 Å². The molecule has 3 aromatic rings. The number of imidazole rings is 1. The zero-order valence-electron chi connectivity index (χ0n) is 11.6. The van der Waals surface area contributed by atoms with Crippen molar-refractivity contribution >= 4 is 33.1 Å². The topological polar surface area (TPSA) is 20.5 Å². The molecule has 0 atom stereocenters. The normalized spacial score (nSPS) is 11.0. The summed E-state index contributed by atoms with van der Waals surface area (Å²) in [6.45, 7) is 2.82. The quantitative estimate of drug-likeness (QED) is 0.646. The van der Waals surface area contributed by atoms with Crippen LogP contribution in [0.5, 0.6) is 0 Å². The summed E-state index contributed by atoms with van der Waals surface area (Å²) in [7, 11) is 0. The van der Waals surface area contributed by atoms with Gasteiger partial charge >= 0.3 is 0 Å². The van der Waals surface area contributed by atoms with Gasteiger partial charge in [-0.1, -0.05) is 22.0 Å². The molecule has 2 aromatic heterocycles. The third-order valence-corrected chi connectivity index (χ3v) is 3.98. The van der Waals surface area contributed by atoms with Gasteiger partial charge in [0.15, 0.2) is 5.82 Å². The van der Waals surface area contributed by atoms with Crippen molar-refractivity contribution in [2.24, 2.45) is 0 Å². The third-order valence-electron chi connectivity index (χ3n) is 3.44. The van der Waals surface area contributed by atoms with Crippen LogP contribution in [0.1, 0.15) is 12.6 Å². The first-order chi connectivity index (χ1) is 10.2. The number of anilines is 2. The van der Waals surface area contributed by atoms with Crippen molar-refractivity contribution in [3.05, 3.63) is 60.2 Å². The van der Waals surface area contributed by atoms with Gasteiger partial charge in [0.25, 0.3) is 0 Å². The Hall–Kier alpha value is -1.88. The van der Waals surface area contributed by atoms with Gasteiger partial charge in [0, 0.05) is 23.8 Å². The van der Waals surface area contributed by atoms with Crippen molar-refractivity contribution in [1.29, 1.82) is 0 Å². The molecule has 1 aromatic carbocycles. The minimum Gasteiger partial charge on any atom is -0.325 e. The summed E-state index contributed by atoms with van der Waals surface area (Å²) in [6, 6.07) is 12.4. The first-order valence-electron chi connectivity index (χ1n) is 6.79. The minimum atomic E-state index is -0.231. The van der Waals surface area contributed by atoms with E-state index in [2.05, 4.69) is 32.2 Å². The van der Waals surface area contributed by atoms with Gasteiger partial charge in [-0.3, -0.25) is 0 Å². The van der Waals surface area contributed by atoms with Crippen LogP contribution in [0.2, 0.25) is 0 Å². The fourth-order valence-corrected chi connectivity index (χ4v) is 2.97. The molecular formula is C16H15BrFN3. The molecule has 0 unspecified atom stereocenters. The maximum atomic E-state index is 13.1. The fourth-order valence-electron chi connectivity index (χ4n) is 2.45. The number of hydrogen-bond donors (Lipinski definition) is 0. The Bertz CT molecular complexity index is 752. The Morgan fingerprint density at radius 3 is 2.62 bits per heavy atom. The first-order valence-corrected chi connectivity index (χ1v) is 7.91. The second kappa shape index (κ2) is 5.85. The lowest BCUT2D eigenvalue weighted by Gasteiger charge is -2.21. The number of halogens is 2. The number of hydrogen-bond acceptors (Lipinski definition) is 2. The monoisotopic (exact) mass is 347 g/mol. The van der Waals surface area contributed by atoms with Crippen LogP contribution in [-0.2, 0) is 5.33 Å². The average Bonchev–Trinajstić information content (AvgIpc) is 2.88. The molecule has 21 heavy (non-hydrogen) atoms. The highest BCUT2D eigenvalue weighted by molar-refractivity contribution is 9.08. The van der Waals surface area contributed by atoms with E-state index in [9.17, 15) is 4.39 Å². The molecule has 0 aliphatic rings. The Morgan fingerprint density at radius 1 is 1.19 bits per heavy atom. The van der Waals surface area contributed by atoms with E-state index >= 15 is 0 Å². The van der Waals surface area contributed by atoms with Gasteiger partial charge in [0.1, 0.15) is 11.5 Å². The predicted molar refractivity (Wildman–Crippen MR) is 86.9 cm³/mol. The van der Waals surface area contributed by atoms with E-state index < -0.39 is 0 Å². The summed E-state index contributed by atoms with van der Waals surface area (Å²) < 4.78 is 15.2. The van der Waals surface area contributed by atoms with Crippen molar-refractivity contribution in [3.8, 4) is 0 Å². The number of benzene rings is 1. The standard InChI is InChI=1S/C16H15BrFN3/c1-2-20(13-8-6-12(18)7-9-13)16-14(11-17)21-10-4-3-5-15(21)19-16/h3-10H,2,11H2,1H3. The molecule has 0 bridgehead atoms. The summed E-state index contributed by atoms with van der Waals surface area (Å²) in [5.41, 5.74) is 2.92. The van der Waals surface area contributed by atoms with E-state index in [1.165, 1.54) is 12.1 Å². The van der Waals surface area contributed by atoms with Crippen LogP contribution < -0.4 is 4.90 Å². The van der Waals surface area contributed by atoms with Crippen LogP contribution in [0.15, 0.2) is 48.7 Å². The van der Waals surface area contributed by atoms with E-state index in [1.807, 2.05) is 24.4 Å². The molecule has 108 valence electrons. The maximum absolute atomic E-state index is 13.1. The molecule has 0 spiro atoms. The lowest BCUT2D eigenvalue weighted by atomic mass is 10.2. The van der Waals surface area contributed by atoms with E-state index in [0.29, 0.717) is 5.33 Å². The summed E-state index contributed by atoms with van der Waals surface area (Å²) >= 11 is 3.54. The lowest BCUT2D eigenvalue weighted by molar-refractivity contribution is 0.628. The predicted octanol–water partition coefficient (Wildman–Crippen LogP) is 4.53. The molecule has 0 amide bonds. The van der Waals surface area contributed by atoms with Gasteiger partial charge in [-0.2, -0.15) is 0 Å². The third kappa shape index (κ3) is 2.53. The molecule has 0 fully saturated rings. The van der Waals surface area contributed by atoms with Crippen LogP contribution in [-0.4, -0.2) is 15.9 Å². The van der Waals surface area contributed by atoms with Crippen LogP contribution in [0.25, 0.3) is 5.65 Å². The van der Waals surface area contributed by atoms with Gasteiger partial charge in [-0.25, -0.2) is 9.37 Å². The number of pyridine rings is 1.